The van der Waals surface area contributed by atoms with Crippen molar-refractivity contribution in [3.63, 3.8) is 0 Å². The Bertz CT molecular complexity index is 949. The number of likely N-dealkylation sites (tertiary alicyclic amines) is 1. The van der Waals surface area contributed by atoms with Crippen molar-refractivity contribution in [2.24, 2.45) is 5.92 Å². The van der Waals surface area contributed by atoms with Gasteiger partial charge in [0.1, 0.15) is 6.04 Å². The predicted molar refractivity (Wildman–Crippen MR) is 116 cm³/mol. The van der Waals surface area contributed by atoms with Gasteiger partial charge in [0.15, 0.2) is 5.11 Å². The Kier molecular flexibility index (Phi) is 5.30. The molecule has 0 spiro atoms. The minimum Gasteiger partial charge on any atom is -0.362 e. The van der Waals surface area contributed by atoms with E-state index >= 15 is 0 Å². The molecule has 3 aliphatic heterocycles. The molecular formula is C22H25F3N4O2S. The highest BCUT2D eigenvalue weighted by molar-refractivity contribution is 7.80. The first kappa shape index (κ1) is 21.5. The number of halogens is 3. The van der Waals surface area contributed by atoms with Gasteiger partial charge < -0.3 is 15.1 Å². The summed E-state index contributed by atoms with van der Waals surface area (Å²) >= 11 is 5.62. The molecule has 1 aromatic rings. The van der Waals surface area contributed by atoms with E-state index in [1.54, 1.807) is 0 Å². The normalized spacial score (nSPS) is 28.0. The lowest BCUT2D eigenvalue weighted by atomic mass is 9.89. The zero-order valence-corrected chi connectivity index (χ0v) is 18.3. The molecule has 0 unspecified atom stereocenters. The van der Waals surface area contributed by atoms with Crippen LogP contribution in [-0.2, 0) is 11.0 Å². The third-order valence-corrected chi connectivity index (χ3v) is 7.60. The number of anilines is 1. The molecule has 4 fully saturated rings. The Morgan fingerprint density at radius 3 is 2.62 bits per heavy atom. The molecule has 3 heterocycles. The summed E-state index contributed by atoms with van der Waals surface area (Å²) in [4.78, 5) is 30.7. The average Bonchev–Trinajstić information content (AvgIpc) is 3.43. The maximum absolute atomic E-state index is 13.2. The smallest absolute Gasteiger partial charge is 0.362 e. The summed E-state index contributed by atoms with van der Waals surface area (Å²) in [6.45, 7) is 1.34. The van der Waals surface area contributed by atoms with Gasteiger partial charge in [-0.15, -0.1) is 0 Å². The molecule has 3 amide bonds. The molecule has 3 saturated heterocycles. The van der Waals surface area contributed by atoms with E-state index in [0.29, 0.717) is 24.0 Å². The number of nitrogens with one attached hydrogen (secondary N) is 1. The Hall–Kier alpha value is -2.36. The molecule has 6 nitrogen and oxygen atoms in total. The molecule has 1 N–H and O–H groups in total. The number of fused-ring (bicyclic) bond motifs is 5. The first-order valence-electron chi connectivity index (χ1n) is 11.1. The Morgan fingerprint density at radius 2 is 1.91 bits per heavy atom. The first-order valence-corrected chi connectivity index (χ1v) is 11.5. The van der Waals surface area contributed by atoms with Crippen molar-refractivity contribution in [3.05, 3.63) is 29.8 Å². The quantitative estimate of drug-likeness (QED) is 0.543. The SMILES string of the molecule is O=C1[C@H]2[C@@H]3C[C@@H](CN3C(=S)NCC3CCCCC3)N2C(=O)N1c1cccc(C(F)(F)F)c1. The Labute approximate surface area is 189 Å². The lowest BCUT2D eigenvalue weighted by molar-refractivity contribution is -0.137. The van der Waals surface area contributed by atoms with Gasteiger partial charge in [-0.3, -0.25) is 4.79 Å². The molecule has 5 rings (SSSR count). The van der Waals surface area contributed by atoms with Crippen LogP contribution in [-0.4, -0.2) is 58.1 Å². The van der Waals surface area contributed by atoms with Gasteiger partial charge in [-0.2, -0.15) is 13.2 Å². The van der Waals surface area contributed by atoms with Crippen LogP contribution in [0.4, 0.5) is 23.7 Å². The van der Waals surface area contributed by atoms with E-state index in [1.807, 2.05) is 4.90 Å². The van der Waals surface area contributed by atoms with E-state index < -0.39 is 29.7 Å². The summed E-state index contributed by atoms with van der Waals surface area (Å²) in [6.07, 6.45) is 2.24. The van der Waals surface area contributed by atoms with Crippen LogP contribution in [0.1, 0.15) is 44.1 Å². The minimum atomic E-state index is -4.55. The molecular weight excluding hydrogens is 441 g/mol. The number of imide groups is 1. The summed E-state index contributed by atoms with van der Waals surface area (Å²) in [5, 5.41) is 3.95. The van der Waals surface area contributed by atoms with Gasteiger partial charge in [0, 0.05) is 13.1 Å². The van der Waals surface area contributed by atoms with Crippen molar-refractivity contribution < 1.29 is 22.8 Å². The minimum absolute atomic E-state index is 0.0480. The van der Waals surface area contributed by atoms with E-state index in [0.717, 1.165) is 23.6 Å². The van der Waals surface area contributed by atoms with Crippen LogP contribution in [0.2, 0.25) is 0 Å². The van der Waals surface area contributed by atoms with Gasteiger partial charge in [0.05, 0.1) is 23.3 Å². The number of carbonyl (C=O) groups excluding carboxylic acids is 2. The number of alkyl halides is 3. The molecule has 4 aliphatic rings. The number of piperazine rings is 1. The molecule has 1 saturated carbocycles. The van der Waals surface area contributed by atoms with E-state index in [-0.39, 0.29) is 17.8 Å². The van der Waals surface area contributed by atoms with E-state index in [4.69, 9.17) is 12.2 Å². The van der Waals surface area contributed by atoms with E-state index in [1.165, 1.54) is 49.1 Å². The standard InChI is InChI=1S/C22H25F3N4O2S/c23-22(24,25)14-7-4-8-15(9-14)29-19(30)18-17-10-16(28(18)21(29)31)12-27(17)20(32)26-11-13-5-2-1-3-6-13/h4,7-9,13,16-18H,1-3,5-6,10-12H2,(H,26,32)/t16-,17-,18+/m0/s1. The Morgan fingerprint density at radius 1 is 1.16 bits per heavy atom. The highest BCUT2D eigenvalue weighted by Crippen LogP contribution is 2.43. The lowest BCUT2D eigenvalue weighted by Gasteiger charge is -2.37. The van der Waals surface area contributed by atoms with Crippen molar-refractivity contribution in [3.8, 4) is 0 Å². The molecule has 3 atom stereocenters. The lowest BCUT2D eigenvalue weighted by Crippen LogP contribution is -2.57. The maximum Gasteiger partial charge on any atom is 0.416 e. The van der Waals surface area contributed by atoms with Crippen molar-refractivity contribution >= 4 is 35.0 Å². The number of hydrogen-bond donors (Lipinski definition) is 1. The topological polar surface area (TPSA) is 55.9 Å². The fourth-order valence-electron chi connectivity index (χ4n) is 5.67. The highest BCUT2D eigenvalue weighted by Gasteiger charge is 2.62. The number of nitrogens with zero attached hydrogens (tertiary/aromatic N) is 3. The third-order valence-electron chi connectivity index (χ3n) is 7.22. The summed E-state index contributed by atoms with van der Waals surface area (Å²) in [6, 6.07) is 2.67. The molecule has 0 aromatic heterocycles. The Balaban J connectivity index is 1.31. The summed E-state index contributed by atoms with van der Waals surface area (Å²) < 4.78 is 39.4. The van der Waals surface area contributed by atoms with Crippen LogP contribution in [0, 0.1) is 5.92 Å². The van der Waals surface area contributed by atoms with E-state index in [2.05, 4.69) is 5.32 Å². The molecule has 1 aromatic carbocycles. The second kappa shape index (κ2) is 7.90. The number of thiocarbonyl (C=S) groups is 1. The van der Waals surface area contributed by atoms with Crippen molar-refractivity contribution in [1.82, 2.24) is 15.1 Å². The number of urea groups is 1. The number of rotatable bonds is 3. The summed E-state index contributed by atoms with van der Waals surface area (Å²) in [5.41, 5.74) is -0.937. The molecule has 10 heteroatoms. The fourth-order valence-corrected chi connectivity index (χ4v) is 5.97. The third kappa shape index (κ3) is 3.52. The number of hydrogen-bond acceptors (Lipinski definition) is 3. The van der Waals surface area contributed by atoms with Gasteiger partial charge in [-0.05, 0) is 55.6 Å². The fraction of sp³-hybridized carbons (Fsp3) is 0.591. The first-order chi connectivity index (χ1) is 15.3. The van der Waals surface area contributed by atoms with Gasteiger partial charge >= 0.3 is 12.2 Å². The second-order valence-corrected chi connectivity index (χ2v) is 9.54. The molecule has 0 radical (unpaired) electrons. The zero-order chi connectivity index (χ0) is 22.6. The van der Waals surface area contributed by atoms with Crippen LogP contribution >= 0.6 is 12.2 Å². The zero-order valence-electron chi connectivity index (χ0n) is 17.5. The molecule has 1 aliphatic carbocycles. The van der Waals surface area contributed by atoms with Crippen LogP contribution in [0.15, 0.2) is 24.3 Å². The monoisotopic (exact) mass is 466 g/mol. The molecule has 2 bridgehead atoms. The van der Waals surface area contributed by atoms with Crippen LogP contribution in [0.5, 0.6) is 0 Å². The van der Waals surface area contributed by atoms with Gasteiger partial charge in [-0.25, -0.2) is 9.69 Å². The second-order valence-electron chi connectivity index (χ2n) is 9.16. The number of carbonyl (C=O) groups is 2. The highest BCUT2D eigenvalue weighted by atomic mass is 32.1. The van der Waals surface area contributed by atoms with Gasteiger partial charge in [0.25, 0.3) is 5.91 Å². The predicted octanol–water partition coefficient (Wildman–Crippen LogP) is 3.75. The van der Waals surface area contributed by atoms with Crippen LogP contribution in [0.25, 0.3) is 0 Å². The number of benzene rings is 1. The maximum atomic E-state index is 13.2. The summed E-state index contributed by atoms with van der Waals surface area (Å²) in [5.74, 6) is 0.116. The summed E-state index contributed by atoms with van der Waals surface area (Å²) in [7, 11) is 0. The van der Waals surface area contributed by atoms with Crippen molar-refractivity contribution in [2.75, 3.05) is 18.0 Å². The van der Waals surface area contributed by atoms with Crippen molar-refractivity contribution in [2.45, 2.75) is 62.8 Å². The average molecular weight is 467 g/mol. The molecule has 172 valence electrons. The van der Waals surface area contributed by atoms with Crippen molar-refractivity contribution in [1.29, 1.82) is 0 Å². The van der Waals surface area contributed by atoms with E-state index in [9.17, 15) is 22.8 Å². The molecule has 32 heavy (non-hydrogen) atoms. The largest absolute Gasteiger partial charge is 0.416 e. The van der Waals surface area contributed by atoms with Gasteiger partial charge in [0.2, 0.25) is 0 Å². The number of amides is 3. The van der Waals surface area contributed by atoms with Gasteiger partial charge in [-0.1, -0.05) is 25.3 Å². The van der Waals surface area contributed by atoms with Crippen LogP contribution < -0.4 is 10.2 Å². The van der Waals surface area contributed by atoms with Crippen LogP contribution in [0.3, 0.4) is 0 Å².